The minimum Gasteiger partial charge on any atom is -0.383 e. The number of methoxy groups -OCH3 is 1. The van der Waals surface area contributed by atoms with Crippen molar-refractivity contribution in [3.05, 3.63) is 0 Å². The van der Waals surface area contributed by atoms with Crippen molar-refractivity contribution < 1.29 is 9.53 Å². The number of carbonyl (C=O) groups is 1. The van der Waals surface area contributed by atoms with Crippen molar-refractivity contribution in [2.45, 2.75) is 51.5 Å². The van der Waals surface area contributed by atoms with Crippen LogP contribution in [0.15, 0.2) is 0 Å². The second-order valence-electron chi connectivity index (χ2n) is 6.39. The molecule has 0 aromatic carbocycles. The van der Waals surface area contributed by atoms with Crippen molar-refractivity contribution >= 4 is 5.91 Å². The molecule has 0 aromatic heterocycles. The Labute approximate surface area is 129 Å². The molecular weight excluding hydrogens is 266 g/mol. The van der Waals surface area contributed by atoms with E-state index in [4.69, 9.17) is 10.5 Å². The molecule has 1 amide bonds. The number of rotatable bonds is 9. The number of hydrogen-bond acceptors (Lipinski definition) is 4. The molecule has 0 saturated heterocycles. The molecule has 0 radical (unpaired) electrons. The average molecular weight is 299 g/mol. The van der Waals surface area contributed by atoms with E-state index in [-0.39, 0.29) is 11.4 Å². The largest absolute Gasteiger partial charge is 0.383 e. The topological polar surface area (TPSA) is 67.6 Å². The van der Waals surface area contributed by atoms with Gasteiger partial charge in [0.15, 0.2) is 0 Å². The molecule has 21 heavy (non-hydrogen) atoms. The van der Waals surface area contributed by atoms with Gasteiger partial charge in [-0.25, -0.2) is 0 Å². The van der Waals surface area contributed by atoms with Gasteiger partial charge in [-0.2, -0.15) is 0 Å². The molecule has 2 atom stereocenters. The van der Waals surface area contributed by atoms with E-state index in [1.807, 2.05) is 0 Å². The van der Waals surface area contributed by atoms with Crippen LogP contribution >= 0.6 is 0 Å². The number of amides is 1. The summed E-state index contributed by atoms with van der Waals surface area (Å²) in [5.74, 6) is 0.768. The maximum atomic E-state index is 12.1. The van der Waals surface area contributed by atoms with Crippen LogP contribution in [-0.4, -0.2) is 56.2 Å². The SMILES string of the molecule is CCCN(CC(=O)NCCOC)C1(CN)CCCC(C)C1. The summed E-state index contributed by atoms with van der Waals surface area (Å²) in [5, 5.41) is 2.92. The lowest BCUT2D eigenvalue weighted by Crippen LogP contribution is -2.58. The predicted molar refractivity (Wildman–Crippen MR) is 86.2 cm³/mol. The molecule has 1 fully saturated rings. The molecule has 0 aliphatic heterocycles. The summed E-state index contributed by atoms with van der Waals surface area (Å²) in [7, 11) is 1.64. The first-order chi connectivity index (χ1) is 10.1. The second-order valence-corrected chi connectivity index (χ2v) is 6.39. The molecule has 1 saturated carbocycles. The lowest BCUT2D eigenvalue weighted by molar-refractivity contribution is -0.124. The third-order valence-electron chi connectivity index (χ3n) is 4.57. The zero-order chi connectivity index (χ0) is 15.7. The van der Waals surface area contributed by atoms with E-state index in [2.05, 4.69) is 24.1 Å². The zero-order valence-corrected chi connectivity index (χ0v) is 14.0. The van der Waals surface area contributed by atoms with Crippen LogP contribution in [0.1, 0.15) is 46.0 Å². The molecule has 1 rings (SSSR count). The number of carbonyl (C=O) groups excluding carboxylic acids is 1. The molecule has 5 nitrogen and oxygen atoms in total. The van der Waals surface area contributed by atoms with Crippen molar-refractivity contribution in [1.82, 2.24) is 10.2 Å². The summed E-state index contributed by atoms with van der Waals surface area (Å²) in [4.78, 5) is 14.5. The molecule has 3 N–H and O–H groups in total. The van der Waals surface area contributed by atoms with Crippen molar-refractivity contribution in [3.63, 3.8) is 0 Å². The fourth-order valence-electron chi connectivity index (χ4n) is 3.51. The summed E-state index contributed by atoms with van der Waals surface area (Å²) in [6.45, 7) is 7.60. The van der Waals surface area contributed by atoms with Crippen LogP contribution in [0.3, 0.4) is 0 Å². The van der Waals surface area contributed by atoms with Gasteiger partial charge in [-0.05, 0) is 31.7 Å². The number of nitrogens with two attached hydrogens (primary N) is 1. The molecule has 5 heteroatoms. The van der Waals surface area contributed by atoms with Gasteiger partial charge in [0.05, 0.1) is 13.2 Å². The van der Waals surface area contributed by atoms with Crippen LogP contribution in [0.2, 0.25) is 0 Å². The van der Waals surface area contributed by atoms with Gasteiger partial charge in [-0.15, -0.1) is 0 Å². The van der Waals surface area contributed by atoms with Gasteiger partial charge >= 0.3 is 0 Å². The average Bonchev–Trinajstić information content (AvgIpc) is 2.47. The van der Waals surface area contributed by atoms with E-state index in [1.54, 1.807) is 7.11 Å². The Morgan fingerprint density at radius 2 is 2.29 bits per heavy atom. The van der Waals surface area contributed by atoms with Gasteiger partial charge in [0.25, 0.3) is 0 Å². The lowest BCUT2D eigenvalue weighted by atomic mass is 9.75. The van der Waals surface area contributed by atoms with Gasteiger partial charge < -0.3 is 15.8 Å². The summed E-state index contributed by atoms with van der Waals surface area (Å²) in [6, 6.07) is 0. The Balaban J connectivity index is 2.66. The fraction of sp³-hybridized carbons (Fsp3) is 0.938. The van der Waals surface area contributed by atoms with Crippen LogP contribution in [-0.2, 0) is 9.53 Å². The summed E-state index contributed by atoms with van der Waals surface area (Å²) in [6.07, 6.45) is 5.75. The van der Waals surface area contributed by atoms with E-state index in [0.29, 0.717) is 32.2 Å². The minimum atomic E-state index is 0.00622. The highest BCUT2D eigenvalue weighted by atomic mass is 16.5. The highest BCUT2D eigenvalue weighted by Crippen LogP contribution is 2.36. The second kappa shape index (κ2) is 9.38. The quantitative estimate of drug-likeness (QED) is 0.631. The maximum absolute atomic E-state index is 12.1. The van der Waals surface area contributed by atoms with Crippen LogP contribution in [0.4, 0.5) is 0 Å². The Bertz CT molecular complexity index is 312. The summed E-state index contributed by atoms with van der Waals surface area (Å²) >= 11 is 0. The van der Waals surface area contributed by atoms with E-state index in [1.165, 1.54) is 12.8 Å². The third kappa shape index (κ3) is 5.57. The minimum absolute atomic E-state index is 0.00622. The molecule has 0 heterocycles. The van der Waals surface area contributed by atoms with E-state index in [0.717, 1.165) is 25.8 Å². The number of nitrogens with one attached hydrogen (secondary N) is 1. The van der Waals surface area contributed by atoms with Gasteiger partial charge in [0.1, 0.15) is 0 Å². The normalized spacial score (nSPS) is 26.0. The molecular formula is C16H33N3O2. The first-order valence-corrected chi connectivity index (χ1v) is 8.28. The van der Waals surface area contributed by atoms with Gasteiger partial charge in [0, 0.05) is 25.7 Å². The predicted octanol–water partition coefficient (Wildman–Crippen LogP) is 1.37. The Morgan fingerprint density at radius 3 is 2.86 bits per heavy atom. The zero-order valence-electron chi connectivity index (χ0n) is 14.0. The van der Waals surface area contributed by atoms with Crippen LogP contribution in [0, 0.1) is 5.92 Å². The van der Waals surface area contributed by atoms with Crippen LogP contribution in [0.25, 0.3) is 0 Å². The highest BCUT2D eigenvalue weighted by Gasteiger charge is 2.39. The maximum Gasteiger partial charge on any atom is 0.234 e. The van der Waals surface area contributed by atoms with Gasteiger partial charge in [0.2, 0.25) is 5.91 Å². The van der Waals surface area contributed by atoms with Gasteiger partial charge in [-0.3, -0.25) is 9.69 Å². The molecule has 2 unspecified atom stereocenters. The molecule has 0 aromatic rings. The molecule has 1 aliphatic rings. The standard InChI is InChI=1S/C16H33N3O2/c1-4-9-19(12-15(20)18-8-10-21-3)16(13-17)7-5-6-14(2)11-16/h14H,4-13,17H2,1-3H3,(H,18,20). The Morgan fingerprint density at radius 1 is 1.52 bits per heavy atom. The number of hydrogen-bond donors (Lipinski definition) is 2. The monoisotopic (exact) mass is 299 g/mol. The van der Waals surface area contributed by atoms with Crippen molar-refractivity contribution in [2.24, 2.45) is 11.7 Å². The third-order valence-corrected chi connectivity index (χ3v) is 4.57. The smallest absolute Gasteiger partial charge is 0.234 e. The van der Waals surface area contributed by atoms with Crippen LogP contribution < -0.4 is 11.1 Å². The molecule has 0 bridgehead atoms. The van der Waals surface area contributed by atoms with Crippen molar-refractivity contribution in [2.75, 3.05) is 39.9 Å². The van der Waals surface area contributed by atoms with E-state index >= 15 is 0 Å². The van der Waals surface area contributed by atoms with Crippen molar-refractivity contribution in [1.29, 1.82) is 0 Å². The van der Waals surface area contributed by atoms with Gasteiger partial charge in [-0.1, -0.05) is 26.7 Å². The first-order valence-electron chi connectivity index (χ1n) is 8.28. The fourth-order valence-corrected chi connectivity index (χ4v) is 3.51. The van der Waals surface area contributed by atoms with E-state index < -0.39 is 0 Å². The first kappa shape index (κ1) is 18.4. The number of nitrogens with zero attached hydrogens (tertiary/aromatic N) is 1. The van der Waals surface area contributed by atoms with Crippen molar-refractivity contribution in [3.8, 4) is 0 Å². The van der Waals surface area contributed by atoms with Crippen LogP contribution in [0.5, 0.6) is 0 Å². The molecule has 0 spiro atoms. The number of ether oxygens (including phenoxy) is 1. The Kier molecular flexibility index (Phi) is 8.22. The summed E-state index contributed by atoms with van der Waals surface area (Å²) < 4.78 is 4.97. The molecule has 1 aliphatic carbocycles. The lowest BCUT2D eigenvalue weighted by Gasteiger charge is -2.47. The highest BCUT2D eigenvalue weighted by molar-refractivity contribution is 5.78. The van der Waals surface area contributed by atoms with E-state index in [9.17, 15) is 4.79 Å². The molecule has 124 valence electrons. The Hall–Kier alpha value is -0.650. The summed E-state index contributed by atoms with van der Waals surface area (Å²) in [5.41, 5.74) is 6.14.